The Kier molecular flexibility index (Phi) is 4.45. The van der Waals surface area contributed by atoms with Crippen molar-refractivity contribution in [2.45, 2.75) is 6.04 Å². The maximum atomic E-state index is 11.9. The molecule has 1 fully saturated rings. The highest BCUT2D eigenvalue weighted by Gasteiger charge is 2.27. The summed E-state index contributed by atoms with van der Waals surface area (Å²) in [5, 5.41) is 5.42. The van der Waals surface area contributed by atoms with Crippen LogP contribution in [0.15, 0.2) is 0 Å². The lowest BCUT2D eigenvalue weighted by atomic mass is 10.2. The van der Waals surface area contributed by atoms with Gasteiger partial charge in [-0.05, 0) is 0 Å². The molecule has 1 heterocycles. The summed E-state index contributed by atoms with van der Waals surface area (Å²) in [7, 11) is 4.85. The van der Waals surface area contributed by atoms with E-state index in [0.717, 1.165) is 0 Å². The zero-order valence-electron chi connectivity index (χ0n) is 10.3. The smallest absolute Gasteiger partial charge is 0.241 e. The summed E-state index contributed by atoms with van der Waals surface area (Å²) in [4.78, 5) is 37.0. The first kappa shape index (κ1) is 13.4. The Bertz CT molecular complexity index is 320. The third kappa shape index (κ3) is 3.70. The van der Waals surface area contributed by atoms with Crippen LogP contribution in [-0.2, 0) is 14.4 Å². The third-order valence-electron chi connectivity index (χ3n) is 2.56. The summed E-state index contributed by atoms with van der Waals surface area (Å²) >= 11 is 0. The van der Waals surface area contributed by atoms with E-state index < -0.39 is 6.04 Å². The number of nitrogens with one attached hydrogen (secondary N) is 2. The molecule has 1 atom stereocenters. The maximum Gasteiger partial charge on any atom is 0.241 e. The Morgan fingerprint density at radius 3 is 2.47 bits per heavy atom. The third-order valence-corrected chi connectivity index (χ3v) is 2.56. The SMILES string of the molecule is CN(C)C(=O)CN(C)C(=O)C1CNC(=O)CN1. The van der Waals surface area contributed by atoms with Crippen LogP contribution in [0.2, 0.25) is 0 Å². The molecule has 0 aromatic heterocycles. The van der Waals surface area contributed by atoms with Crippen LogP contribution in [0, 0.1) is 0 Å². The average molecular weight is 242 g/mol. The number of hydrogen-bond acceptors (Lipinski definition) is 4. The van der Waals surface area contributed by atoms with Crippen molar-refractivity contribution in [3.8, 4) is 0 Å². The minimum atomic E-state index is -0.451. The van der Waals surface area contributed by atoms with Crippen molar-refractivity contribution in [1.29, 1.82) is 0 Å². The van der Waals surface area contributed by atoms with Crippen molar-refractivity contribution in [1.82, 2.24) is 20.4 Å². The first-order valence-corrected chi connectivity index (χ1v) is 5.37. The molecule has 0 aromatic carbocycles. The van der Waals surface area contributed by atoms with Crippen molar-refractivity contribution >= 4 is 17.7 Å². The molecule has 0 saturated carbocycles. The minimum absolute atomic E-state index is 0.0396. The number of carbonyl (C=O) groups is 3. The van der Waals surface area contributed by atoms with Crippen LogP contribution in [0.1, 0.15) is 0 Å². The van der Waals surface area contributed by atoms with Crippen LogP contribution in [0.3, 0.4) is 0 Å². The van der Waals surface area contributed by atoms with Crippen LogP contribution < -0.4 is 10.6 Å². The summed E-state index contributed by atoms with van der Waals surface area (Å²) in [6.07, 6.45) is 0. The van der Waals surface area contributed by atoms with Crippen molar-refractivity contribution in [3.63, 3.8) is 0 Å². The lowest BCUT2D eigenvalue weighted by Crippen LogP contribution is -2.58. The van der Waals surface area contributed by atoms with Gasteiger partial charge in [0.15, 0.2) is 0 Å². The molecule has 7 nitrogen and oxygen atoms in total. The second kappa shape index (κ2) is 5.62. The minimum Gasteiger partial charge on any atom is -0.353 e. The Morgan fingerprint density at radius 1 is 1.35 bits per heavy atom. The van der Waals surface area contributed by atoms with Gasteiger partial charge in [-0.3, -0.25) is 19.7 Å². The number of rotatable bonds is 3. The highest BCUT2D eigenvalue weighted by atomic mass is 16.2. The van der Waals surface area contributed by atoms with Gasteiger partial charge >= 0.3 is 0 Å². The number of amides is 3. The second-order valence-corrected chi connectivity index (χ2v) is 4.22. The molecular formula is C10H18N4O3. The fraction of sp³-hybridized carbons (Fsp3) is 0.700. The molecule has 0 aromatic rings. The van der Waals surface area contributed by atoms with E-state index in [0.29, 0.717) is 0 Å². The van der Waals surface area contributed by atoms with Crippen molar-refractivity contribution in [2.24, 2.45) is 0 Å². The summed E-state index contributed by atoms with van der Waals surface area (Å²) < 4.78 is 0. The van der Waals surface area contributed by atoms with Gasteiger partial charge in [-0.1, -0.05) is 0 Å². The molecule has 96 valence electrons. The largest absolute Gasteiger partial charge is 0.353 e. The van der Waals surface area contributed by atoms with E-state index in [4.69, 9.17) is 0 Å². The molecule has 0 radical (unpaired) electrons. The van der Waals surface area contributed by atoms with Gasteiger partial charge < -0.3 is 15.1 Å². The molecule has 2 N–H and O–H groups in total. The normalized spacial score (nSPS) is 19.5. The summed E-state index contributed by atoms with van der Waals surface area (Å²) in [6, 6.07) is -0.451. The Hall–Kier alpha value is -1.63. The molecule has 17 heavy (non-hydrogen) atoms. The Labute approximate surface area is 100 Å². The molecule has 0 aliphatic carbocycles. The van der Waals surface area contributed by atoms with Gasteiger partial charge in [0.1, 0.15) is 6.04 Å². The first-order chi connectivity index (χ1) is 7.91. The monoisotopic (exact) mass is 242 g/mol. The number of nitrogens with zero attached hydrogens (tertiary/aromatic N) is 2. The second-order valence-electron chi connectivity index (χ2n) is 4.22. The molecule has 1 saturated heterocycles. The Balaban J connectivity index is 2.46. The predicted octanol–water partition coefficient (Wildman–Crippen LogP) is -2.38. The van der Waals surface area contributed by atoms with E-state index in [-0.39, 0.29) is 37.4 Å². The number of carbonyl (C=O) groups excluding carboxylic acids is 3. The van der Waals surface area contributed by atoms with E-state index in [2.05, 4.69) is 10.6 Å². The Morgan fingerprint density at radius 2 is 2.00 bits per heavy atom. The maximum absolute atomic E-state index is 11.9. The van der Waals surface area contributed by atoms with E-state index in [1.807, 2.05) is 0 Å². The van der Waals surface area contributed by atoms with Crippen LogP contribution in [0.25, 0.3) is 0 Å². The zero-order valence-corrected chi connectivity index (χ0v) is 10.3. The van der Waals surface area contributed by atoms with Crippen LogP contribution >= 0.6 is 0 Å². The number of piperazine rings is 1. The predicted molar refractivity (Wildman–Crippen MR) is 61.1 cm³/mol. The molecule has 1 aliphatic rings. The van der Waals surface area contributed by atoms with E-state index in [1.165, 1.54) is 9.80 Å². The number of hydrogen-bond donors (Lipinski definition) is 2. The summed E-state index contributed by atoms with van der Waals surface area (Å²) in [5.74, 6) is -0.457. The van der Waals surface area contributed by atoms with E-state index >= 15 is 0 Å². The zero-order chi connectivity index (χ0) is 13.0. The standard InChI is InChI=1S/C10H18N4O3/c1-13(2)9(16)6-14(3)10(17)7-4-12-8(15)5-11-7/h7,11H,4-6H2,1-3H3,(H,12,15). The topological polar surface area (TPSA) is 81.8 Å². The summed E-state index contributed by atoms with van der Waals surface area (Å²) in [6.45, 7) is 0.433. The van der Waals surface area contributed by atoms with Crippen LogP contribution in [0.5, 0.6) is 0 Å². The fourth-order valence-electron chi connectivity index (χ4n) is 1.43. The van der Waals surface area contributed by atoms with E-state index in [1.54, 1.807) is 21.1 Å². The average Bonchev–Trinajstić information content (AvgIpc) is 2.28. The van der Waals surface area contributed by atoms with Gasteiger partial charge in [-0.25, -0.2) is 0 Å². The molecule has 1 rings (SSSR count). The van der Waals surface area contributed by atoms with Crippen LogP contribution in [-0.4, -0.2) is 74.3 Å². The quantitative estimate of drug-likeness (QED) is 0.579. The van der Waals surface area contributed by atoms with Crippen molar-refractivity contribution in [2.75, 3.05) is 40.8 Å². The lowest BCUT2D eigenvalue weighted by Gasteiger charge is -2.27. The fourth-order valence-corrected chi connectivity index (χ4v) is 1.43. The molecule has 1 unspecified atom stereocenters. The van der Waals surface area contributed by atoms with Gasteiger partial charge in [-0.15, -0.1) is 0 Å². The van der Waals surface area contributed by atoms with Crippen molar-refractivity contribution < 1.29 is 14.4 Å². The lowest BCUT2D eigenvalue weighted by molar-refractivity contribution is -0.140. The first-order valence-electron chi connectivity index (χ1n) is 5.37. The van der Waals surface area contributed by atoms with Gasteiger partial charge in [0.2, 0.25) is 17.7 Å². The highest BCUT2D eigenvalue weighted by Crippen LogP contribution is 1.96. The molecule has 3 amide bonds. The molecule has 0 bridgehead atoms. The van der Waals surface area contributed by atoms with Crippen LogP contribution in [0.4, 0.5) is 0 Å². The van der Waals surface area contributed by atoms with Gasteiger partial charge in [0, 0.05) is 27.7 Å². The highest BCUT2D eigenvalue weighted by molar-refractivity contribution is 5.89. The molecule has 7 heteroatoms. The molecular weight excluding hydrogens is 224 g/mol. The van der Waals surface area contributed by atoms with Gasteiger partial charge in [-0.2, -0.15) is 0 Å². The van der Waals surface area contributed by atoms with Crippen molar-refractivity contribution in [3.05, 3.63) is 0 Å². The van der Waals surface area contributed by atoms with Gasteiger partial charge in [0.25, 0.3) is 0 Å². The number of likely N-dealkylation sites (N-methyl/N-ethyl adjacent to an activating group) is 2. The summed E-state index contributed by atoms with van der Waals surface area (Å²) in [5.41, 5.74) is 0. The van der Waals surface area contributed by atoms with Gasteiger partial charge in [0.05, 0.1) is 13.1 Å². The molecule has 1 aliphatic heterocycles. The molecule has 0 spiro atoms. The van der Waals surface area contributed by atoms with E-state index in [9.17, 15) is 14.4 Å².